The van der Waals surface area contributed by atoms with Gasteiger partial charge in [-0.1, -0.05) is 0 Å². The maximum absolute atomic E-state index is 12.3. The number of ether oxygens (including phenoxy) is 1. The molecule has 2 aromatic heterocycles. The van der Waals surface area contributed by atoms with Gasteiger partial charge < -0.3 is 10.6 Å². The molecule has 0 aliphatic heterocycles. The summed E-state index contributed by atoms with van der Waals surface area (Å²) >= 11 is 0. The third-order valence-electron chi connectivity index (χ3n) is 3.01. The van der Waals surface area contributed by atoms with Crippen molar-refractivity contribution in [1.29, 1.82) is 0 Å². The lowest BCUT2D eigenvalue weighted by atomic mass is 10.1. The monoisotopic (exact) mass is 316 g/mol. The fourth-order valence-electron chi connectivity index (χ4n) is 2.11. The summed E-state index contributed by atoms with van der Waals surface area (Å²) < 4.78 is 43.8. The van der Waals surface area contributed by atoms with E-state index in [2.05, 4.69) is 5.10 Å². The van der Waals surface area contributed by atoms with Gasteiger partial charge in [-0.15, -0.1) is 0 Å². The molecule has 0 bridgehead atoms. The second kappa shape index (κ2) is 5.74. The van der Waals surface area contributed by atoms with E-state index in [1.807, 2.05) is 0 Å². The van der Waals surface area contributed by atoms with Gasteiger partial charge >= 0.3 is 12.1 Å². The van der Waals surface area contributed by atoms with Gasteiger partial charge in [-0.25, -0.2) is 4.79 Å². The van der Waals surface area contributed by atoms with Crippen LogP contribution in [0, 0.1) is 6.92 Å². The van der Waals surface area contributed by atoms with E-state index in [4.69, 9.17) is 10.6 Å². The Balaban J connectivity index is 2.34. The van der Waals surface area contributed by atoms with E-state index >= 15 is 0 Å². The van der Waals surface area contributed by atoms with Crippen LogP contribution in [0.2, 0.25) is 0 Å². The minimum Gasteiger partial charge on any atom is -0.461 e. The molecule has 120 valence electrons. The van der Waals surface area contributed by atoms with E-state index in [-0.39, 0.29) is 12.3 Å². The Kier molecular flexibility index (Phi) is 4.16. The summed E-state index contributed by atoms with van der Waals surface area (Å²) in [6.45, 7) is 2.31. The lowest BCUT2D eigenvalue weighted by molar-refractivity contribution is -0.142. The first-order valence-electron chi connectivity index (χ1n) is 6.47. The predicted molar refractivity (Wildman–Crippen MR) is 72.6 cm³/mol. The smallest absolute Gasteiger partial charge is 0.408 e. The highest BCUT2D eigenvalue weighted by atomic mass is 19.4. The molecular formula is C13H15F3N4O2. The van der Waals surface area contributed by atoms with Crippen LogP contribution in [0.15, 0.2) is 18.5 Å². The molecule has 2 N–H and O–H groups in total. The molecule has 22 heavy (non-hydrogen) atoms. The fraction of sp³-hybridized carbons (Fsp3) is 0.385. The van der Waals surface area contributed by atoms with Gasteiger partial charge in [-0.3, -0.25) is 9.36 Å². The molecule has 0 aliphatic carbocycles. The van der Waals surface area contributed by atoms with Gasteiger partial charge in [-0.05, 0) is 25.5 Å². The lowest BCUT2D eigenvalue weighted by Crippen LogP contribution is -2.18. The van der Waals surface area contributed by atoms with Crippen molar-refractivity contribution in [2.75, 3.05) is 12.4 Å². The van der Waals surface area contributed by atoms with Gasteiger partial charge in [-0.2, -0.15) is 18.3 Å². The standard InChI is InChI=1S/C13H15F3N4O2/c1-3-22-12(21)11-8(2)9(6-20(11)17)10-4-5-19(18-10)7-13(14,15)16/h4-6H,3,7,17H2,1-2H3. The zero-order valence-electron chi connectivity index (χ0n) is 12.0. The number of halogens is 3. The molecule has 2 rings (SSSR count). The molecule has 0 atom stereocenters. The van der Waals surface area contributed by atoms with Crippen molar-refractivity contribution in [2.45, 2.75) is 26.6 Å². The van der Waals surface area contributed by atoms with Gasteiger partial charge in [0.1, 0.15) is 6.54 Å². The number of nitrogen functional groups attached to an aromatic ring is 1. The highest BCUT2D eigenvalue weighted by Crippen LogP contribution is 2.26. The SMILES string of the molecule is CCOC(=O)c1c(C)c(-c2ccn(CC(F)(F)F)n2)cn1N. The summed E-state index contributed by atoms with van der Waals surface area (Å²) in [5.74, 6) is 5.13. The normalized spacial score (nSPS) is 11.7. The number of aromatic nitrogens is 3. The van der Waals surface area contributed by atoms with E-state index in [1.165, 1.54) is 18.5 Å². The van der Waals surface area contributed by atoms with E-state index in [1.54, 1.807) is 13.8 Å². The number of hydrogen-bond acceptors (Lipinski definition) is 4. The van der Waals surface area contributed by atoms with Gasteiger partial charge in [0, 0.05) is 18.0 Å². The number of carbonyl (C=O) groups is 1. The molecule has 0 aromatic carbocycles. The largest absolute Gasteiger partial charge is 0.461 e. The lowest BCUT2D eigenvalue weighted by Gasteiger charge is -2.05. The van der Waals surface area contributed by atoms with E-state index in [9.17, 15) is 18.0 Å². The third-order valence-corrected chi connectivity index (χ3v) is 3.01. The molecule has 0 amide bonds. The summed E-state index contributed by atoms with van der Waals surface area (Å²) in [4.78, 5) is 11.8. The maximum Gasteiger partial charge on any atom is 0.408 e. The van der Waals surface area contributed by atoms with Crippen LogP contribution in [0.3, 0.4) is 0 Å². The van der Waals surface area contributed by atoms with E-state index in [0.29, 0.717) is 16.8 Å². The van der Waals surface area contributed by atoms with Crippen LogP contribution >= 0.6 is 0 Å². The molecule has 2 heterocycles. The van der Waals surface area contributed by atoms with Crippen LogP contribution in [0.5, 0.6) is 0 Å². The summed E-state index contributed by atoms with van der Waals surface area (Å²) in [6.07, 6.45) is -1.70. The van der Waals surface area contributed by atoms with Crippen LogP contribution in [-0.4, -0.2) is 33.2 Å². The summed E-state index contributed by atoms with van der Waals surface area (Å²) in [7, 11) is 0. The number of rotatable bonds is 4. The first kappa shape index (κ1) is 15.9. The topological polar surface area (TPSA) is 75.1 Å². The molecule has 0 radical (unpaired) electrons. The Bertz CT molecular complexity index is 688. The molecule has 0 saturated heterocycles. The zero-order chi connectivity index (χ0) is 16.5. The van der Waals surface area contributed by atoms with Crippen LogP contribution < -0.4 is 5.84 Å². The Morgan fingerprint density at radius 3 is 2.73 bits per heavy atom. The van der Waals surface area contributed by atoms with Crippen molar-refractivity contribution in [3.8, 4) is 11.3 Å². The van der Waals surface area contributed by atoms with Gasteiger partial charge in [0.2, 0.25) is 0 Å². The molecular weight excluding hydrogens is 301 g/mol. The second-order valence-corrected chi connectivity index (χ2v) is 4.66. The number of esters is 1. The number of carbonyl (C=O) groups excluding carboxylic acids is 1. The van der Waals surface area contributed by atoms with Gasteiger partial charge in [0.15, 0.2) is 5.69 Å². The quantitative estimate of drug-likeness (QED) is 0.692. The molecule has 0 fully saturated rings. The van der Waals surface area contributed by atoms with E-state index in [0.717, 1.165) is 9.36 Å². The van der Waals surface area contributed by atoms with Crippen molar-refractivity contribution >= 4 is 5.97 Å². The Labute approximate surface area is 124 Å². The van der Waals surface area contributed by atoms with E-state index < -0.39 is 18.7 Å². The highest BCUT2D eigenvalue weighted by Gasteiger charge is 2.29. The number of nitrogens with two attached hydrogens (primary N) is 1. The first-order chi connectivity index (χ1) is 10.2. The molecule has 0 spiro atoms. The summed E-state index contributed by atoms with van der Waals surface area (Å²) in [5.41, 5.74) is 1.42. The molecule has 2 aromatic rings. The van der Waals surface area contributed by atoms with Crippen molar-refractivity contribution < 1.29 is 22.7 Å². The van der Waals surface area contributed by atoms with Crippen molar-refractivity contribution in [1.82, 2.24) is 14.5 Å². The molecule has 0 saturated carbocycles. The third kappa shape index (κ3) is 3.23. The Morgan fingerprint density at radius 1 is 1.45 bits per heavy atom. The fourth-order valence-corrected chi connectivity index (χ4v) is 2.11. The van der Waals surface area contributed by atoms with Crippen LogP contribution in [0.1, 0.15) is 23.0 Å². The van der Waals surface area contributed by atoms with Crippen LogP contribution in [-0.2, 0) is 11.3 Å². The Morgan fingerprint density at radius 2 is 2.14 bits per heavy atom. The molecule has 0 unspecified atom stereocenters. The molecule has 0 aliphatic rings. The Hall–Kier alpha value is -2.45. The zero-order valence-corrected chi connectivity index (χ0v) is 12.0. The minimum absolute atomic E-state index is 0.141. The van der Waals surface area contributed by atoms with Crippen LogP contribution in [0.4, 0.5) is 13.2 Å². The first-order valence-corrected chi connectivity index (χ1v) is 6.47. The molecule has 6 nitrogen and oxygen atoms in total. The number of hydrogen-bond donors (Lipinski definition) is 1. The predicted octanol–water partition coefficient (Wildman–Crippen LogP) is 2.11. The van der Waals surface area contributed by atoms with Gasteiger partial charge in [0.05, 0.1) is 12.3 Å². The number of nitrogens with zero attached hydrogens (tertiary/aromatic N) is 3. The van der Waals surface area contributed by atoms with Crippen molar-refractivity contribution in [3.63, 3.8) is 0 Å². The number of alkyl halides is 3. The van der Waals surface area contributed by atoms with Crippen molar-refractivity contribution in [2.24, 2.45) is 0 Å². The molecule has 9 heteroatoms. The highest BCUT2D eigenvalue weighted by molar-refractivity contribution is 5.92. The van der Waals surface area contributed by atoms with Gasteiger partial charge in [0.25, 0.3) is 0 Å². The summed E-state index contributed by atoms with van der Waals surface area (Å²) in [5, 5.41) is 3.86. The average Bonchev–Trinajstić information content (AvgIpc) is 2.92. The minimum atomic E-state index is -4.35. The average molecular weight is 316 g/mol. The second-order valence-electron chi connectivity index (χ2n) is 4.66. The van der Waals surface area contributed by atoms with Crippen molar-refractivity contribution in [3.05, 3.63) is 29.7 Å². The maximum atomic E-state index is 12.3. The summed E-state index contributed by atoms with van der Waals surface area (Å²) in [6, 6.07) is 1.43. The van der Waals surface area contributed by atoms with Crippen LogP contribution in [0.25, 0.3) is 11.3 Å².